The van der Waals surface area contributed by atoms with Crippen LogP contribution in [0.5, 0.6) is 0 Å². The van der Waals surface area contributed by atoms with E-state index < -0.39 is 81.0 Å². The van der Waals surface area contributed by atoms with Crippen molar-refractivity contribution in [2.75, 3.05) is 35.5 Å². The Morgan fingerprint density at radius 1 is 1.08 bits per heavy atom. The molecule has 1 saturated heterocycles. The van der Waals surface area contributed by atoms with Crippen LogP contribution in [-0.2, 0) is 51.7 Å². The summed E-state index contributed by atoms with van der Waals surface area (Å²) in [5.41, 5.74) is -1.84. The Hall–Kier alpha value is -5.84. The number of benzene rings is 2. The molecule has 0 radical (unpaired) electrons. The van der Waals surface area contributed by atoms with Gasteiger partial charge in [0.2, 0.25) is 21.8 Å². The fraction of sp³-hybridized carbons (Fsp3) is 0.351. The van der Waals surface area contributed by atoms with E-state index in [4.69, 9.17) is 4.98 Å². The third kappa shape index (κ3) is 7.05. The summed E-state index contributed by atoms with van der Waals surface area (Å²) in [6.45, 7) is -0.302. The Morgan fingerprint density at radius 3 is 2.53 bits per heavy atom. The lowest BCUT2D eigenvalue weighted by molar-refractivity contribution is -0.142. The molecule has 5 heterocycles. The second-order valence-electron chi connectivity index (χ2n) is 15.0. The Balaban J connectivity index is 1.20. The summed E-state index contributed by atoms with van der Waals surface area (Å²) in [7, 11) is -2.24. The van der Waals surface area contributed by atoms with E-state index in [1.807, 2.05) is 0 Å². The zero-order valence-corrected chi connectivity index (χ0v) is 32.9. The number of anilines is 2. The van der Waals surface area contributed by atoms with Crippen LogP contribution in [-0.4, -0.2) is 75.7 Å². The normalized spacial score (nSPS) is 19.0. The highest BCUT2D eigenvalue weighted by atomic mass is 32.2. The van der Waals surface area contributed by atoms with Gasteiger partial charge >= 0.3 is 6.18 Å². The van der Waals surface area contributed by atoms with Crippen LogP contribution in [0.25, 0.3) is 32.4 Å². The van der Waals surface area contributed by atoms with Crippen LogP contribution in [0.15, 0.2) is 42.5 Å². The van der Waals surface area contributed by atoms with Crippen LogP contribution in [0.2, 0.25) is 0 Å². The number of pyridine rings is 1. The average Bonchev–Trinajstić information content (AvgIpc) is 3.41. The number of hydrogen-bond donors (Lipinski definition) is 3. The number of rotatable bonds is 10. The molecule has 0 bridgehead atoms. The molecule has 3 aliphatic rings. The molecule has 314 valence electrons. The quantitative estimate of drug-likeness (QED) is 0.154. The van der Waals surface area contributed by atoms with Crippen molar-refractivity contribution in [1.82, 2.24) is 40.2 Å². The molecule has 4 aromatic heterocycles. The van der Waals surface area contributed by atoms with Gasteiger partial charge in [0.15, 0.2) is 22.3 Å². The molecule has 3 N–H and O–H groups in total. The van der Waals surface area contributed by atoms with Gasteiger partial charge in [0.05, 0.1) is 34.8 Å². The van der Waals surface area contributed by atoms with E-state index in [1.165, 1.54) is 16.0 Å². The van der Waals surface area contributed by atoms with Gasteiger partial charge < -0.3 is 15.5 Å². The highest BCUT2D eigenvalue weighted by molar-refractivity contribution is 7.92. The number of aryl methyl sites for hydroxylation is 1. The zero-order valence-electron chi connectivity index (χ0n) is 31.2. The van der Waals surface area contributed by atoms with Crippen molar-refractivity contribution < 1.29 is 48.7 Å². The number of thiazole rings is 1. The van der Waals surface area contributed by atoms with Gasteiger partial charge in [-0.1, -0.05) is 23.5 Å². The molecule has 2 aromatic carbocycles. The minimum atomic E-state index is -5.08. The monoisotopic (exact) mass is 876 g/mol. The molecule has 1 aliphatic heterocycles. The molecule has 0 unspecified atom stereocenters. The fourth-order valence-corrected chi connectivity index (χ4v) is 9.71. The number of fused-ring (bicyclic) bond motifs is 5. The summed E-state index contributed by atoms with van der Waals surface area (Å²) >= 11 is 1.20. The van der Waals surface area contributed by atoms with Crippen molar-refractivity contribution in [3.8, 4) is 11.1 Å². The molecule has 2 aliphatic carbocycles. The lowest BCUT2D eigenvalue weighted by Crippen LogP contribution is -2.47. The number of para-hydroxylation sites is 1. The van der Waals surface area contributed by atoms with Gasteiger partial charge in [-0.25, -0.2) is 22.2 Å². The van der Waals surface area contributed by atoms with E-state index >= 15 is 8.78 Å². The van der Waals surface area contributed by atoms with Gasteiger partial charge in [0.25, 0.3) is 5.92 Å². The van der Waals surface area contributed by atoms with Crippen LogP contribution >= 0.6 is 11.3 Å². The predicted octanol–water partition coefficient (Wildman–Crippen LogP) is 5.36. The first kappa shape index (κ1) is 39.6. The minimum absolute atomic E-state index is 0.00150. The standard InChI is InChI=1S/C37H31F7N10O4S2/c1-52-30-19(4-3-5-20(30)33(50-52)51-60(2,57)58)21-13-25-34(48-35(59-25)53-7-6-45-26(55)14-53)47-29(21)24(10-16-8-17(38)11-18(39)9-16)46-27(56)15-54-32-28(31(49-54)37(42,43)44)22-12-23(22)36(32,40)41/h3-5,8-9,11,13,22-24H,6-7,10,12,14-15H2,1-2H3,(H,45,55)(H,46,56)(H,50,51)/t22-,23+,24-/m0/s1. The van der Waals surface area contributed by atoms with E-state index in [2.05, 4.69) is 30.5 Å². The largest absolute Gasteiger partial charge is 0.435 e. The summed E-state index contributed by atoms with van der Waals surface area (Å²) in [6.07, 6.45) is -4.65. The van der Waals surface area contributed by atoms with Crippen molar-refractivity contribution in [1.29, 1.82) is 0 Å². The van der Waals surface area contributed by atoms with E-state index in [0.29, 0.717) is 55.7 Å². The van der Waals surface area contributed by atoms with Crippen LogP contribution < -0.4 is 20.3 Å². The number of piperazine rings is 1. The van der Waals surface area contributed by atoms with Crippen LogP contribution in [0, 0.1) is 17.6 Å². The Morgan fingerprint density at radius 2 is 1.83 bits per heavy atom. The number of amides is 2. The summed E-state index contributed by atoms with van der Waals surface area (Å²) in [5, 5.41) is 14.0. The van der Waals surface area contributed by atoms with Gasteiger partial charge in [-0.2, -0.15) is 37.1 Å². The molecule has 2 amide bonds. The fourth-order valence-electron chi connectivity index (χ4n) is 8.24. The molecule has 23 heteroatoms. The first-order valence-electron chi connectivity index (χ1n) is 18.3. The van der Waals surface area contributed by atoms with Gasteiger partial charge in [-0.3, -0.25) is 23.7 Å². The SMILES string of the molecule is Cn1nc(NS(C)(=O)=O)c2cccc(-c3cc4sc(N5CCNC(=O)C5)nc4nc3[C@H](Cc3cc(F)cc(F)c3)NC(=O)Cn3nc(C(F)(F)F)c4c3C(F)(F)[C@@H]3C[C@H]43)c21. The van der Waals surface area contributed by atoms with Gasteiger partial charge in [-0.05, 0) is 48.6 Å². The summed E-state index contributed by atoms with van der Waals surface area (Å²) in [5.74, 6) is -9.30. The van der Waals surface area contributed by atoms with Crippen LogP contribution in [0.4, 0.5) is 41.7 Å². The predicted molar refractivity (Wildman–Crippen MR) is 204 cm³/mol. The number of halogens is 7. The molecular formula is C37H31F7N10O4S2. The third-order valence-corrected chi connectivity index (χ3v) is 12.3. The van der Waals surface area contributed by atoms with Crippen LogP contribution in [0.3, 0.4) is 0 Å². The van der Waals surface area contributed by atoms with Crippen molar-refractivity contribution in [2.45, 2.75) is 43.4 Å². The first-order chi connectivity index (χ1) is 28.2. The van der Waals surface area contributed by atoms with Crippen molar-refractivity contribution in [2.24, 2.45) is 13.0 Å². The maximum Gasteiger partial charge on any atom is 0.435 e. The first-order valence-corrected chi connectivity index (χ1v) is 21.0. The summed E-state index contributed by atoms with van der Waals surface area (Å²) in [4.78, 5) is 37.6. The second kappa shape index (κ2) is 13.9. The van der Waals surface area contributed by atoms with Crippen molar-refractivity contribution in [3.05, 3.63) is 82.3 Å². The van der Waals surface area contributed by atoms with Crippen molar-refractivity contribution >= 4 is 65.4 Å². The number of sulfonamides is 1. The lowest BCUT2D eigenvalue weighted by atomic mass is 9.94. The van der Waals surface area contributed by atoms with E-state index in [-0.39, 0.29) is 48.0 Å². The molecule has 0 spiro atoms. The summed E-state index contributed by atoms with van der Waals surface area (Å²) in [6, 6.07) is 7.87. The summed E-state index contributed by atoms with van der Waals surface area (Å²) < 4.78 is 132. The van der Waals surface area contributed by atoms with E-state index in [1.54, 1.807) is 36.2 Å². The Kier molecular flexibility index (Phi) is 9.15. The number of nitrogens with one attached hydrogen (secondary N) is 3. The maximum absolute atomic E-state index is 15.5. The number of carbonyl (C=O) groups excluding carboxylic acids is 2. The highest BCUT2D eigenvalue weighted by Gasteiger charge is 2.68. The number of alkyl halides is 5. The minimum Gasteiger partial charge on any atom is -0.353 e. The number of carbonyl (C=O) groups is 2. The molecular weight excluding hydrogens is 846 g/mol. The average molecular weight is 877 g/mol. The molecule has 3 atom stereocenters. The number of aromatic nitrogens is 6. The van der Waals surface area contributed by atoms with Gasteiger partial charge in [0.1, 0.15) is 23.9 Å². The van der Waals surface area contributed by atoms with Gasteiger partial charge in [0, 0.05) is 54.2 Å². The van der Waals surface area contributed by atoms with E-state index in [0.717, 1.165) is 18.4 Å². The number of nitrogens with zero attached hydrogens (tertiary/aromatic N) is 7. The molecule has 14 nitrogen and oxygen atoms in total. The highest BCUT2D eigenvalue weighted by Crippen LogP contribution is 2.68. The molecule has 9 rings (SSSR count). The topological polar surface area (TPSA) is 169 Å². The van der Waals surface area contributed by atoms with Crippen LogP contribution in [0.1, 0.15) is 46.6 Å². The van der Waals surface area contributed by atoms with E-state index in [9.17, 15) is 40.0 Å². The van der Waals surface area contributed by atoms with Gasteiger partial charge in [-0.15, -0.1) is 0 Å². The molecule has 2 fully saturated rings. The smallest absolute Gasteiger partial charge is 0.353 e. The number of hydrogen-bond acceptors (Lipinski definition) is 10. The molecule has 1 saturated carbocycles. The molecule has 6 aromatic rings. The third-order valence-electron chi connectivity index (χ3n) is 10.7. The zero-order chi connectivity index (χ0) is 42.6. The maximum atomic E-state index is 15.5. The van der Waals surface area contributed by atoms with Crippen molar-refractivity contribution in [3.63, 3.8) is 0 Å². The lowest BCUT2D eigenvalue weighted by Gasteiger charge is -2.25. The second-order valence-corrected chi connectivity index (χ2v) is 17.8. The Labute approximate surface area is 338 Å². The molecule has 60 heavy (non-hydrogen) atoms. The Bertz CT molecular complexity index is 2870.